The molecule has 17 heavy (non-hydrogen) atoms. The Balaban J connectivity index is 2.97. The molecule has 0 fully saturated rings. The van der Waals surface area contributed by atoms with Crippen molar-refractivity contribution in [3.63, 3.8) is 0 Å². The average Bonchev–Trinajstić information content (AvgIpc) is 2.36. The highest BCUT2D eigenvalue weighted by molar-refractivity contribution is 5.94. The maximum atomic E-state index is 12.1. The van der Waals surface area contributed by atoms with Crippen LogP contribution in [0.1, 0.15) is 12.5 Å². The molecule has 0 heterocycles. The van der Waals surface area contributed by atoms with E-state index in [0.717, 1.165) is 0 Å². The number of benzene rings is 1. The topological polar surface area (TPSA) is 51.5 Å². The highest BCUT2D eigenvalue weighted by Gasteiger charge is 2.11. The number of nitrogens with one attached hydrogen (secondary N) is 1. The summed E-state index contributed by atoms with van der Waals surface area (Å²) in [5, 5.41) is 7.70. The van der Waals surface area contributed by atoms with Gasteiger partial charge in [0, 0.05) is 6.07 Å². The van der Waals surface area contributed by atoms with E-state index >= 15 is 0 Å². The normalized spacial score (nSPS) is 9.82. The van der Waals surface area contributed by atoms with Gasteiger partial charge >= 0.3 is 0 Å². The molecular formula is C12H16FNO3. The van der Waals surface area contributed by atoms with Crippen LogP contribution < -0.4 is 9.47 Å². The van der Waals surface area contributed by atoms with Crippen LogP contribution in [0, 0.1) is 5.41 Å². The number of hydrogen-bond acceptors (Lipinski definition) is 4. The highest BCUT2D eigenvalue weighted by atomic mass is 19.1. The predicted octanol–water partition coefficient (Wildman–Crippen LogP) is 2.41. The third-order valence-corrected chi connectivity index (χ3v) is 2.06. The fourth-order valence-corrected chi connectivity index (χ4v) is 1.31. The fraction of sp³-hybridized carbons (Fsp3) is 0.417. The molecule has 0 bridgehead atoms. The molecule has 0 saturated heterocycles. The lowest BCUT2D eigenvalue weighted by atomic mass is 10.2. The van der Waals surface area contributed by atoms with Crippen molar-refractivity contribution in [1.82, 2.24) is 0 Å². The summed E-state index contributed by atoms with van der Waals surface area (Å²) in [7, 11) is 1.53. The van der Waals surface area contributed by atoms with Crippen molar-refractivity contribution in [1.29, 1.82) is 5.41 Å². The summed E-state index contributed by atoms with van der Waals surface area (Å²) in [6.45, 7) is 1.55. The van der Waals surface area contributed by atoms with Crippen molar-refractivity contribution >= 4 is 5.90 Å². The number of ether oxygens (including phenoxy) is 3. The van der Waals surface area contributed by atoms with E-state index in [1.54, 1.807) is 25.1 Å². The Morgan fingerprint density at radius 3 is 2.76 bits per heavy atom. The van der Waals surface area contributed by atoms with Gasteiger partial charge in [-0.25, -0.2) is 4.39 Å². The zero-order valence-corrected chi connectivity index (χ0v) is 9.96. The third-order valence-electron chi connectivity index (χ3n) is 2.06. The van der Waals surface area contributed by atoms with E-state index in [0.29, 0.717) is 23.7 Å². The minimum Gasteiger partial charge on any atom is -0.497 e. The summed E-state index contributed by atoms with van der Waals surface area (Å²) in [4.78, 5) is 0. The molecule has 0 aliphatic rings. The average molecular weight is 241 g/mol. The smallest absolute Gasteiger partial charge is 0.217 e. The van der Waals surface area contributed by atoms with Gasteiger partial charge in [-0.15, -0.1) is 0 Å². The number of halogens is 1. The lowest BCUT2D eigenvalue weighted by molar-refractivity contribution is 0.268. The van der Waals surface area contributed by atoms with Gasteiger partial charge in [-0.1, -0.05) is 0 Å². The Morgan fingerprint density at radius 2 is 2.18 bits per heavy atom. The molecule has 1 aromatic carbocycles. The highest BCUT2D eigenvalue weighted by Crippen LogP contribution is 2.25. The molecule has 5 heteroatoms. The molecule has 1 aromatic rings. The first-order valence-corrected chi connectivity index (χ1v) is 5.31. The Bertz CT molecular complexity index is 382. The first-order chi connectivity index (χ1) is 8.22. The van der Waals surface area contributed by atoms with Gasteiger partial charge in [0.15, 0.2) is 0 Å². The first kappa shape index (κ1) is 13.3. The van der Waals surface area contributed by atoms with Crippen LogP contribution in [0.4, 0.5) is 4.39 Å². The lowest BCUT2D eigenvalue weighted by Gasteiger charge is -2.12. The van der Waals surface area contributed by atoms with Gasteiger partial charge in [0.05, 0.1) is 19.3 Å². The summed E-state index contributed by atoms with van der Waals surface area (Å²) >= 11 is 0. The van der Waals surface area contributed by atoms with Crippen molar-refractivity contribution < 1.29 is 18.6 Å². The SMILES string of the molecule is CCOC(=N)c1ccc(OC)cc1OCCF. The molecule has 0 spiro atoms. The molecule has 0 atom stereocenters. The number of rotatable bonds is 6. The maximum absolute atomic E-state index is 12.1. The van der Waals surface area contributed by atoms with Crippen LogP contribution in [-0.4, -0.2) is 32.9 Å². The molecule has 0 radical (unpaired) electrons. The molecule has 94 valence electrons. The van der Waals surface area contributed by atoms with Crippen LogP contribution >= 0.6 is 0 Å². The summed E-state index contributed by atoms with van der Waals surface area (Å²) in [6, 6.07) is 4.97. The van der Waals surface area contributed by atoms with E-state index in [1.165, 1.54) is 7.11 Å². The Labute approximate surface area is 99.8 Å². The zero-order chi connectivity index (χ0) is 12.7. The largest absolute Gasteiger partial charge is 0.497 e. The van der Waals surface area contributed by atoms with E-state index in [2.05, 4.69) is 0 Å². The van der Waals surface area contributed by atoms with Crippen molar-refractivity contribution in [2.24, 2.45) is 0 Å². The standard InChI is InChI=1S/C12H16FNO3/c1-3-16-12(14)10-5-4-9(15-2)8-11(10)17-7-6-13/h4-5,8,14H,3,6-7H2,1-2H3. The summed E-state index contributed by atoms with van der Waals surface area (Å²) < 4.78 is 27.5. The second kappa shape index (κ2) is 6.73. The summed E-state index contributed by atoms with van der Waals surface area (Å²) in [6.07, 6.45) is 0. The van der Waals surface area contributed by atoms with Gasteiger partial charge in [-0.3, -0.25) is 5.41 Å². The summed E-state index contributed by atoms with van der Waals surface area (Å²) in [5.74, 6) is 0.983. The van der Waals surface area contributed by atoms with Crippen molar-refractivity contribution in [2.45, 2.75) is 6.92 Å². The molecule has 0 unspecified atom stereocenters. The third kappa shape index (κ3) is 3.62. The van der Waals surface area contributed by atoms with E-state index < -0.39 is 6.67 Å². The molecule has 0 aromatic heterocycles. The van der Waals surface area contributed by atoms with E-state index in [-0.39, 0.29) is 12.5 Å². The van der Waals surface area contributed by atoms with Crippen LogP contribution in [0.5, 0.6) is 11.5 Å². The second-order valence-corrected chi connectivity index (χ2v) is 3.16. The monoisotopic (exact) mass is 241 g/mol. The van der Waals surface area contributed by atoms with Crippen LogP contribution in [0.25, 0.3) is 0 Å². The summed E-state index contributed by atoms with van der Waals surface area (Å²) in [5.41, 5.74) is 0.487. The van der Waals surface area contributed by atoms with E-state index in [9.17, 15) is 4.39 Å². The van der Waals surface area contributed by atoms with Gasteiger partial charge in [0.2, 0.25) is 5.90 Å². The van der Waals surface area contributed by atoms with Gasteiger partial charge in [0.25, 0.3) is 0 Å². The van der Waals surface area contributed by atoms with E-state index in [1.807, 2.05) is 0 Å². The van der Waals surface area contributed by atoms with Gasteiger partial charge < -0.3 is 14.2 Å². The maximum Gasteiger partial charge on any atom is 0.217 e. The molecule has 1 N–H and O–H groups in total. The van der Waals surface area contributed by atoms with E-state index in [4.69, 9.17) is 19.6 Å². The van der Waals surface area contributed by atoms with Gasteiger partial charge in [0.1, 0.15) is 24.8 Å². The quantitative estimate of drug-likeness (QED) is 0.614. The van der Waals surface area contributed by atoms with Crippen molar-refractivity contribution in [3.05, 3.63) is 23.8 Å². The van der Waals surface area contributed by atoms with Crippen LogP contribution in [0.15, 0.2) is 18.2 Å². The van der Waals surface area contributed by atoms with Gasteiger partial charge in [-0.05, 0) is 19.1 Å². The Morgan fingerprint density at radius 1 is 1.41 bits per heavy atom. The number of alkyl halides is 1. The van der Waals surface area contributed by atoms with Crippen LogP contribution in [0.3, 0.4) is 0 Å². The van der Waals surface area contributed by atoms with Gasteiger partial charge in [-0.2, -0.15) is 0 Å². The first-order valence-electron chi connectivity index (χ1n) is 5.31. The molecule has 4 nitrogen and oxygen atoms in total. The molecule has 0 aliphatic heterocycles. The molecule has 0 aliphatic carbocycles. The van der Waals surface area contributed by atoms with Crippen LogP contribution in [0.2, 0.25) is 0 Å². The van der Waals surface area contributed by atoms with Crippen LogP contribution in [-0.2, 0) is 4.74 Å². The van der Waals surface area contributed by atoms with Crippen molar-refractivity contribution in [3.8, 4) is 11.5 Å². The number of methoxy groups -OCH3 is 1. The molecule has 1 rings (SSSR count). The minimum absolute atomic E-state index is 0.00371. The predicted molar refractivity (Wildman–Crippen MR) is 62.9 cm³/mol. The second-order valence-electron chi connectivity index (χ2n) is 3.16. The number of hydrogen-bond donors (Lipinski definition) is 1. The molecule has 0 saturated carbocycles. The Kier molecular flexibility index (Phi) is 5.26. The minimum atomic E-state index is -0.585. The van der Waals surface area contributed by atoms with Crippen molar-refractivity contribution in [2.75, 3.05) is 27.0 Å². The Hall–Kier alpha value is -1.78. The zero-order valence-electron chi connectivity index (χ0n) is 9.96. The molecule has 0 amide bonds. The lowest BCUT2D eigenvalue weighted by Crippen LogP contribution is -2.09. The fourth-order valence-electron chi connectivity index (χ4n) is 1.31. The molecular weight excluding hydrogens is 225 g/mol.